The van der Waals surface area contributed by atoms with Gasteiger partial charge < -0.3 is 9.88 Å². The zero-order valence-electron chi connectivity index (χ0n) is 11.4. The highest BCUT2D eigenvalue weighted by Crippen LogP contribution is 2.24. The summed E-state index contributed by atoms with van der Waals surface area (Å²) in [4.78, 5) is 14.6. The Hall–Kier alpha value is -2.21. The third-order valence-corrected chi connectivity index (χ3v) is 3.20. The molecule has 6 heteroatoms. The summed E-state index contributed by atoms with van der Waals surface area (Å²) >= 11 is 0. The van der Waals surface area contributed by atoms with Crippen molar-refractivity contribution < 1.29 is 4.92 Å². The van der Waals surface area contributed by atoms with E-state index in [1.54, 1.807) is 30.7 Å². The van der Waals surface area contributed by atoms with E-state index in [9.17, 15) is 10.1 Å². The van der Waals surface area contributed by atoms with Crippen LogP contribution in [0.15, 0.2) is 43.0 Å². The highest BCUT2D eigenvalue weighted by atomic mass is 16.6. The van der Waals surface area contributed by atoms with Gasteiger partial charge in [-0.15, -0.1) is 0 Å². The molecular formula is C14H18N4O2. The van der Waals surface area contributed by atoms with E-state index in [-0.39, 0.29) is 16.7 Å². The van der Waals surface area contributed by atoms with Gasteiger partial charge in [0, 0.05) is 36.6 Å². The van der Waals surface area contributed by atoms with Crippen LogP contribution in [0.2, 0.25) is 0 Å². The zero-order valence-corrected chi connectivity index (χ0v) is 11.4. The molecule has 0 aliphatic carbocycles. The van der Waals surface area contributed by atoms with Crippen molar-refractivity contribution in [2.45, 2.75) is 25.9 Å². The first-order valence-corrected chi connectivity index (χ1v) is 6.61. The number of rotatable bonds is 7. The molecule has 2 aromatic rings. The first-order valence-electron chi connectivity index (χ1n) is 6.61. The van der Waals surface area contributed by atoms with Crippen LogP contribution in [-0.2, 0) is 6.54 Å². The van der Waals surface area contributed by atoms with Crippen LogP contribution in [-0.4, -0.2) is 21.0 Å². The maximum Gasteiger partial charge on any atom is 0.274 e. The minimum absolute atomic E-state index is 0.0422. The van der Waals surface area contributed by atoms with Gasteiger partial charge in [-0.3, -0.25) is 10.1 Å². The minimum atomic E-state index is -0.334. The predicted octanol–water partition coefficient (Wildman–Crippen LogP) is 2.53. The van der Waals surface area contributed by atoms with E-state index in [1.165, 1.54) is 0 Å². The first kappa shape index (κ1) is 14.2. The summed E-state index contributed by atoms with van der Waals surface area (Å²) in [5, 5.41) is 14.3. The Morgan fingerprint density at radius 1 is 1.45 bits per heavy atom. The molecular weight excluding hydrogens is 256 g/mol. The van der Waals surface area contributed by atoms with Crippen LogP contribution >= 0.6 is 0 Å². The van der Waals surface area contributed by atoms with E-state index in [2.05, 4.69) is 10.3 Å². The number of aromatic nitrogens is 2. The molecule has 0 amide bonds. The molecule has 0 radical (unpaired) electrons. The molecule has 1 N–H and O–H groups in total. The first-order chi connectivity index (χ1) is 9.68. The van der Waals surface area contributed by atoms with Gasteiger partial charge in [-0.1, -0.05) is 18.2 Å². The Bertz CT molecular complexity index is 554. The number of para-hydroxylation sites is 1. The lowest BCUT2D eigenvalue weighted by atomic mass is 10.1. The van der Waals surface area contributed by atoms with Crippen molar-refractivity contribution in [1.82, 2.24) is 14.9 Å². The number of nitrogens with zero attached hydrogens (tertiary/aromatic N) is 3. The molecule has 0 aliphatic rings. The van der Waals surface area contributed by atoms with E-state index < -0.39 is 0 Å². The molecule has 1 aromatic carbocycles. The molecule has 0 spiro atoms. The van der Waals surface area contributed by atoms with Crippen molar-refractivity contribution in [1.29, 1.82) is 0 Å². The quantitative estimate of drug-likeness (QED) is 0.478. The fourth-order valence-corrected chi connectivity index (χ4v) is 2.13. The zero-order chi connectivity index (χ0) is 14.4. The number of nitro groups is 1. The third kappa shape index (κ3) is 3.64. The summed E-state index contributed by atoms with van der Waals surface area (Å²) in [6.07, 6.45) is 6.40. The van der Waals surface area contributed by atoms with Crippen LogP contribution in [0.5, 0.6) is 0 Å². The lowest BCUT2D eigenvalue weighted by molar-refractivity contribution is -0.385. The topological polar surface area (TPSA) is 73.0 Å². The highest BCUT2D eigenvalue weighted by Gasteiger charge is 2.17. The molecule has 0 aliphatic heterocycles. The van der Waals surface area contributed by atoms with Gasteiger partial charge >= 0.3 is 0 Å². The number of nitro benzene ring substituents is 1. The average Bonchev–Trinajstić information content (AvgIpc) is 2.96. The number of imidazole rings is 1. The maximum absolute atomic E-state index is 11.0. The molecule has 1 unspecified atom stereocenters. The van der Waals surface area contributed by atoms with Gasteiger partial charge in [0.1, 0.15) is 0 Å². The second kappa shape index (κ2) is 6.81. The third-order valence-electron chi connectivity index (χ3n) is 3.20. The van der Waals surface area contributed by atoms with Crippen LogP contribution < -0.4 is 5.32 Å². The fraction of sp³-hybridized carbons (Fsp3) is 0.357. The molecule has 0 saturated carbocycles. The van der Waals surface area contributed by atoms with Crippen molar-refractivity contribution in [3.8, 4) is 0 Å². The van der Waals surface area contributed by atoms with Gasteiger partial charge in [-0.2, -0.15) is 0 Å². The molecule has 0 bridgehead atoms. The van der Waals surface area contributed by atoms with E-state index in [0.717, 1.165) is 25.1 Å². The summed E-state index contributed by atoms with van der Waals surface area (Å²) in [6.45, 7) is 3.63. The molecule has 0 fully saturated rings. The Labute approximate surface area is 117 Å². The van der Waals surface area contributed by atoms with Gasteiger partial charge in [0.05, 0.1) is 11.3 Å². The molecule has 1 atom stereocenters. The van der Waals surface area contributed by atoms with Gasteiger partial charge in [0.15, 0.2) is 0 Å². The molecule has 106 valence electrons. The van der Waals surface area contributed by atoms with E-state index >= 15 is 0 Å². The van der Waals surface area contributed by atoms with E-state index in [1.807, 2.05) is 23.8 Å². The summed E-state index contributed by atoms with van der Waals surface area (Å²) in [5.74, 6) is 0. The predicted molar refractivity (Wildman–Crippen MR) is 76.4 cm³/mol. The van der Waals surface area contributed by atoms with Crippen LogP contribution in [0.3, 0.4) is 0 Å². The summed E-state index contributed by atoms with van der Waals surface area (Å²) in [7, 11) is 0. The normalized spacial score (nSPS) is 12.2. The maximum atomic E-state index is 11.0. The lowest BCUT2D eigenvalue weighted by Gasteiger charge is -2.14. The van der Waals surface area contributed by atoms with Crippen LogP contribution in [0.1, 0.15) is 24.9 Å². The standard InChI is InChI=1S/C14H18N4O2/c1-12(13-5-2-3-6-14(13)18(19)20)16-7-4-9-17-10-8-15-11-17/h2-3,5-6,8,10-12,16H,4,7,9H2,1H3. The van der Waals surface area contributed by atoms with Crippen LogP contribution in [0.25, 0.3) is 0 Å². The molecule has 20 heavy (non-hydrogen) atoms. The number of nitrogens with one attached hydrogen (secondary N) is 1. The second-order valence-electron chi connectivity index (χ2n) is 4.65. The highest BCUT2D eigenvalue weighted by molar-refractivity contribution is 5.41. The SMILES string of the molecule is CC(NCCCn1ccnc1)c1ccccc1[N+](=O)[O-]. The number of benzene rings is 1. The molecule has 1 heterocycles. The van der Waals surface area contributed by atoms with Crippen molar-refractivity contribution in [2.75, 3.05) is 6.54 Å². The Balaban J connectivity index is 1.85. The van der Waals surface area contributed by atoms with Crippen molar-refractivity contribution in [3.05, 3.63) is 58.7 Å². The van der Waals surface area contributed by atoms with Crippen LogP contribution in [0.4, 0.5) is 5.69 Å². The Morgan fingerprint density at radius 2 is 2.25 bits per heavy atom. The fourth-order valence-electron chi connectivity index (χ4n) is 2.13. The molecule has 6 nitrogen and oxygen atoms in total. The number of hydrogen-bond donors (Lipinski definition) is 1. The Kier molecular flexibility index (Phi) is 4.84. The van der Waals surface area contributed by atoms with Crippen molar-refractivity contribution in [3.63, 3.8) is 0 Å². The van der Waals surface area contributed by atoms with Crippen molar-refractivity contribution >= 4 is 5.69 Å². The van der Waals surface area contributed by atoms with E-state index in [0.29, 0.717) is 0 Å². The number of hydrogen-bond acceptors (Lipinski definition) is 4. The lowest BCUT2D eigenvalue weighted by Crippen LogP contribution is -2.21. The van der Waals surface area contributed by atoms with Crippen molar-refractivity contribution in [2.24, 2.45) is 0 Å². The average molecular weight is 274 g/mol. The minimum Gasteiger partial charge on any atom is -0.337 e. The van der Waals surface area contributed by atoms with Gasteiger partial charge in [-0.25, -0.2) is 4.98 Å². The monoisotopic (exact) mass is 274 g/mol. The molecule has 2 rings (SSSR count). The Morgan fingerprint density at radius 3 is 2.95 bits per heavy atom. The smallest absolute Gasteiger partial charge is 0.274 e. The second-order valence-corrected chi connectivity index (χ2v) is 4.65. The summed E-state index contributed by atoms with van der Waals surface area (Å²) < 4.78 is 2.01. The van der Waals surface area contributed by atoms with Gasteiger partial charge in [-0.05, 0) is 19.9 Å². The molecule has 0 saturated heterocycles. The van der Waals surface area contributed by atoms with Gasteiger partial charge in [0.2, 0.25) is 0 Å². The van der Waals surface area contributed by atoms with Crippen LogP contribution in [0, 0.1) is 10.1 Å². The summed E-state index contributed by atoms with van der Waals surface area (Å²) in [6, 6.07) is 6.81. The van der Waals surface area contributed by atoms with Gasteiger partial charge in [0.25, 0.3) is 5.69 Å². The van der Waals surface area contributed by atoms with E-state index in [4.69, 9.17) is 0 Å². The number of aryl methyl sites for hydroxylation is 1. The largest absolute Gasteiger partial charge is 0.337 e. The molecule has 1 aromatic heterocycles. The summed E-state index contributed by atoms with van der Waals surface area (Å²) in [5.41, 5.74) is 0.891.